The number of amides is 2. The largest absolute Gasteiger partial charge is 0.381 e. The van der Waals surface area contributed by atoms with Crippen LogP contribution in [0.15, 0.2) is 12.1 Å². The van der Waals surface area contributed by atoms with Gasteiger partial charge in [-0.3, -0.25) is 9.59 Å². The summed E-state index contributed by atoms with van der Waals surface area (Å²) >= 11 is 1.67. The van der Waals surface area contributed by atoms with E-state index in [9.17, 15) is 9.59 Å². The molecule has 4 heterocycles. The van der Waals surface area contributed by atoms with Gasteiger partial charge in [-0.25, -0.2) is 0 Å². The number of hydrogen-bond acceptors (Lipinski definition) is 4. The summed E-state index contributed by atoms with van der Waals surface area (Å²) in [5.74, 6) is 0.590. The fraction of sp³-hybridized carbons (Fsp3) is 0.667. The molecule has 0 N–H and O–H groups in total. The first-order chi connectivity index (χ1) is 11.6. The van der Waals surface area contributed by atoms with Crippen molar-refractivity contribution >= 4 is 28.2 Å². The second-order valence-corrected chi connectivity index (χ2v) is 8.70. The zero-order valence-corrected chi connectivity index (χ0v) is 14.9. The van der Waals surface area contributed by atoms with Crippen molar-refractivity contribution in [3.05, 3.63) is 17.0 Å². The number of rotatable bonds is 2. The number of anilines is 1. The molecule has 4 rings (SSSR count). The monoisotopic (exact) mass is 348 g/mol. The van der Waals surface area contributed by atoms with E-state index < -0.39 is 0 Å². The molecule has 0 radical (unpaired) electrons. The number of aryl methyl sites for hydroxylation is 1. The lowest BCUT2D eigenvalue weighted by atomic mass is 9.86. The zero-order valence-electron chi connectivity index (χ0n) is 14.1. The third kappa shape index (κ3) is 2.86. The van der Waals surface area contributed by atoms with E-state index in [-0.39, 0.29) is 23.1 Å². The maximum atomic E-state index is 12.8. The average Bonchev–Trinajstić information content (AvgIpc) is 3.27. The minimum atomic E-state index is -0.0458. The standard InChI is InChI=1S/C18H24N2O3S/c1-13-2-3-16(24-13)20-12-18(10-15(20)21)6-7-19(11-18)17(22)14-4-8-23-9-5-14/h2-3,14H,4-12H2,1H3/t18-/m0/s1. The van der Waals surface area contributed by atoms with Crippen LogP contribution in [0.25, 0.3) is 0 Å². The quantitative estimate of drug-likeness (QED) is 0.825. The van der Waals surface area contributed by atoms with Crippen LogP contribution < -0.4 is 4.90 Å². The first kappa shape index (κ1) is 16.1. The van der Waals surface area contributed by atoms with Crippen LogP contribution in [-0.2, 0) is 14.3 Å². The topological polar surface area (TPSA) is 49.9 Å². The van der Waals surface area contributed by atoms with E-state index in [0.29, 0.717) is 19.6 Å². The number of carbonyl (C=O) groups is 2. The van der Waals surface area contributed by atoms with E-state index >= 15 is 0 Å². The molecule has 0 bridgehead atoms. The number of ether oxygens (including phenoxy) is 1. The van der Waals surface area contributed by atoms with Crippen molar-refractivity contribution in [2.24, 2.45) is 11.3 Å². The Morgan fingerprint density at radius 3 is 2.79 bits per heavy atom. The SMILES string of the molecule is Cc1ccc(N2C[C@@]3(CCN(C(=O)C4CCOCC4)C3)CC2=O)s1. The van der Waals surface area contributed by atoms with Gasteiger partial charge in [0.15, 0.2) is 0 Å². The van der Waals surface area contributed by atoms with Crippen LogP contribution in [0.2, 0.25) is 0 Å². The maximum absolute atomic E-state index is 12.8. The van der Waals surface area contributed by atoms with Crippen LogP contribution in [0, 0.1) is 18.3 Å². The molecule has 3 aliphatic heterocycles. The summed E-state index contributed by atoms with van der Waals surface area (Å²) < 4.78 is 5.36. The minimum Gasteiger partial charge on any atom is -0.381 e. The number of likely N-dealkylation sites (tertiary alicyclic amines) is 1. The molecule has 3 aliphatic rings. The van der Waals surface area contributed by atoms with Crippen molar-refractivity contribution in [1.82, 2.24) is 4.90 Å². The molecule has 130 valence electrons. The minimum absolute atomic E-state index is 0.0458. The molecular formula is C18H24N2O3S. The Bertz CT molecular complexity index is 652. The molecule has 1 atom stereocenters. The van der Waals surface area contributed by atoms with E-state index in [2.05, 4.69) is 13.0 Å². The van der Waals surface area contributed by atoms with E-state index in [1.807, 2.05) is 15.9 Å². The smallest absolute Gasteiger partial charge is 0.228 e. The van der Waals surface area contributed by atoms with Crippen LogP contribution in [-0.4, -0.2) is 49.6 Å². The predicted molar refractivity (Wildman–Crippen MR) is 93.2 cm³/mol. The van der Waals surface area contributed by atoms with Crippen LogP contribution >= 0.6 is 11.3 Å². The molecule has 24 heavy (non-hydrogen) atoms. The summed E-state index contributed by atoms with van der Waals surface area (Å²) in [4.78, 5) is 30.4. The van der Waals surface area contributed by atoms with Gasteiger partial charge in [-0.15, -0.1) is 11.3 Å². The summed E-state index contributed by atoms with van der Waals surface area (Å²) in [5, 5.41) is 1.04. The molecule has 2 amide bonds. The fourth-order valence-electron chi connectivity index (χ4n) is 4.26. The second kappa shape index (κ2) is 6.15. The van der Waals surface area contributed by atoms with Gasteiger partial charge in [0.2, 0.25) is 11.8 Å². The van der Waals surface area contributed by atoms with Crippen molar-refractivity contribution in [3.8, 4) is 0 Å². The highest BCUT2D eigenvalue weighted by Gasteiger charge is 2.49. The Hall–Kier alpha value is -1.40. The van der Waals surface area contributed by atoms with Gasteiger partial charge in [0.1, 0.15) is 0 Å². The number of hydrogen-bond donors (Lipinski definition) is 0. The van der Waals surface area contributed by atoms with Gasteiger partial charge >= 0.3 is 0 Å². The van der Waals surface area contributed by atoms with Crippen molar-refractivity contribution in [2.75, 3.05) is 37.7 Å². The predicted octanol–water partition coefficient (Wildman–Crippen LogP) is 2.44. The van der Waals surface area contributed by atoms with Gasteiger partial charge in [0.05, 0.1) is 5.00 Å². The first-order valence-electron chi connectivity index (χ1n) is 8.80. The Kier molecular flexibility index (Phi) is 4.12. The fourth-order valence-corrected chi connectivity index (χ4v) is 5.14. The van der Waals surface area contributed by atoms with Crippen LogP contribution in [0.1, 0.15) is 30.6 Å². The summed E-state index contributed by atoms with van der Waals surface area (Å²) in [5.41, 5.74) is -0.0458. The Balaban J connectivity index is 1.44. The molecule has 5 nitrogen and oxygen atoms in total. The van der Waals surface area contributed by atoms with Crippen molar-refractivity contribution in [2.45, 2.75) is 32.6 Å². The third-order valence-electron chi connectivity index (χ3n) is 5.63. The summed E-state index contributed by atoms with van der Waals surface area (Å²) in [6.45, 7) is 5.73. The van der Waals surface area contributed by atoms with Gasteiger partial charge in [-0.05, 0) is 38.3 Å². The van der Waals surface area contributed by atoms with Gasteiger partial charge in [-0.2, -0.15) is 0 Å². The average molecular weight is 348 g/mol. The maximum Gasteiger partial charge on any atom is 0.228 e. The molecule has 0 aromatic carbocycles. The van der Waals surface area contributed by atoms with E-state index in [0.717, 1.165) is 43.9 Å². The highest BCUT2D eigenvalue weighted by molar-refractivity contribution is 7.16. The highest BCUT2D eigenvalue weighted by Crippen LogP contribution is 2.43. The summed E-state index contributed by atoms with van der Waals surface area (Å²) in [7, 11) is 0. The Morgan fingerprint density at radius 2 is 2.08 bits per heavy atom. The molecular weight excluding hydrogens is 324 g/mol. The second-order valence-electron chi connectivity index (χ2n) is 7.44. The van der Waals surface area contributed by atoms with E-state index in [4.69, 9.17) is 4.74 Å². The van der Waals surface area contributed by atoms with E-state index in [1.165, 1.54) is 4.88 Å². The van der Waals surface area contributed by atoms with E-state index in [1.54, 1.807) is 11.3 Å². The molecule has 0 unspecified atom stereocenters. The Labute approximate surface area is 146 Å². The lowest BCUT2D eigenvalue weighted by Crippen LogP contribution is -2.39. The molecule has 0 aliphatic carbocycles. The van der Waals surface area contributed by atoms with Crippen LogP contribution in [0.5, 0.6) is 0 Å². The molecule has 1 aromatic heterocycles. The van der Waals surface area contributed by atoms with Gasteiger partial charge < -0.3 is 14.5 Å². The van der Waals surface area contributed by atoms with Crippen LogP contribution in [0.4, 0.5) is 5.00 Å². The first-order valence-corrected chi connectivity index (χ1v) is 9.61. The number of nitrogens with zero attached hydrogens (tertiary/aromatic N) is 2. The van der Waals surface area contributed by atoms with Gasteiger partial charge in [0, 0.05) is 55.5 Å². The number of carbonyl (C=O) groups excluding carboxylic acids is 2. The molecule has 6 heteroatoms. The lowest BCUT2D eigenvalue weighted by molar-refractivity contribution is -0.138. The molecule has 1 aromatic rings. The summed E-state index contributed by atoms with van der Waals surface area (Å²) in [6.07, 6.45) is 3.18. The summed E-state index contributed by atoms with van der Waals surface area (Å²) in [6, 6.07) is 4.10. The highest BCUT2D eigenvalue weighted by atomic mass is 32.1. The molecule has 3 saturated heterocycles. The van der Waals surface area contributed by atoms with Crippen molar-refractivity contribution < 1.29 is 14.3 Å². The van der Waals surface area contributed by atoms with Gasteiger partial charge in [-0.1, -0.05) is 0 Å². The van der Waals surface area contributed by atoms with Crippen LogP contribution in [0.3, 0.4) is 0 Å². The third-order valence-corrected chi connectivity index (χ3v) is 6.66. The molecule has 1 spiro atoms. The Morgan fingerprint density at radius 1 is 1.29 bits per heavy atom. The van der Waals surface area contributed by atoms with Crippen molar-refractivity contribution in [1.29, 1.82) is 0 Å². The van der Waals surface area contributed by atoms with Crippen molar-refractivity contribution in [3.63, 3.8) is 0 Å². The zero-order chi connectivity index (χ0) is 16.7. The van der Waals surface area contributed by atoms with Gasteiger partial charge in [0.25, 0.3) is 0 Å². The molecule has 0 saturated carbocycles. The lowest BCUT2D eigenvalue weighted by Gasteiger charge is -2.28. The normalized spacial score (nSPS) is 28.3. The number of thiophene rings is 1. The molecule has 3 fully saturated rings.